The van der Waals surface area contributed by atoms with Crippen molar-refractivity contribution in [1.82, 2.24) is 9.80 Å². The van der Waals surface area contributed by atoms with Gasteiger partial charge in [0.1, 0.15) is 0 Å². The van der Waals surface area contributed by atoms with Gasteiger partial charge in [0.05, 0.1) is 19.1 Å². The number of hydrogen-bond donors (Lipinski definition) is 2. The lowest BCUT2D eigenvalue weighted by Gasteiger charge is -2.30. The summed E-state index contributed by atoms with van der Waals surface area (Å²) in [5.41, 5.74) is 5.05. The van der Waals surface area contributed by atoms with Crippen LogP contribution in [0.2, 0.25) is 0 Å². The van der Waals surface area contributed by atoms with Crippen molar-refractivity contribution in [2.75, 3.05) is 26.2 Å². The van der Waals surface area contributed by atoms with E-state index in [1.807, 2.05) is 13.8 Å². The fourth-order valence-electron chi connectivity index (χ4n) is 1.66. The summed E-state index contributed by atoms with van der Waals surface area (Å²) in [4.78, 5) is 36.5. The van der Waals surface area contributed by atoms with E-state index in [0.29, 0.717) is 13.1 Å². The monoisotopic (exact) mass is 259 g/mol. The number of rotatable bonds is 8. The largest absolute Gasteiger partial charge is 0.480 e. The number of carboxylic acids is 1. The molecule has 3 N–H and O–H groups in total. The number of primary amides is 1. The van der Waals surface area contributed by atoms with E-state index >= 15 is 0 Å². The molecule has 0 aromatic carbocycles. The zero-order valence-corrected chi connectivity index (χ0v) is 11.0. The Balaban J connectivity index is 4.81. The minimum atomic E-state index is -1.10. The van der Waals surface area contributed by atoms with Gasteiger partial charge >= 0.3 is 5.97 Å². The fraction of sp³-hybridized carbons (Fsp3) is 0.727. The van der Waals surface area contributed by atoms with Crippen molar-refractivity contribution in [2.24, 2.45) is 5.73 Å². The van der Waals surface area contributed by atoms with E-state index in [1.54, 1.807) is 11.8 Å². The Morgan fingerprint density at radius 2 is 1.67 bits per heavy atom. The van der Waals surface area contributed by atoms with Crippen molar-refractivity contribution in [3.63, 3.8) is 0 Å². The van der Waals surface area contributed by atoms with E-state index in [2.05, 4.69) is 0 Å². The second kappa shape index (κ2) is 7.65. The lowest BCUT2D eigenvalue weighted by atomic mass is 10.2. The van der Waals surface area contributed by atoms with Gasteiger partial charge in [0, 0.05) is 13.1 Å². The van der Waals surface area contributed by atoms with Gasteiger partial charge in [-0.25, -0.2) is 0 Å². The summed E-state index contributed by atoms with van der Waals surface area (Å²) in [6.45, 7) is 5.69. The number of hydrogen-bond acceptors (Lipinski definition) is 4. The molecule has 0 bridgehead atoms. The highest BCUT2D eigenvalue weighted by Gasteiger charge is 2.27. The Morgan fingerprint density at radius 1 is 1.17 bits per heavy atom. The number of carbonyl (C=O) groups excluding carboxylic acids is 2. The first-order chi connectivity index (χ1) is 8.33. The van der Waals surface area contributed by atoms with Crippen molar-refractivity contribution < 1.29 is 19.5 Å². The molecule has 7 heteroatoms. The van der Waals surface area contributed by atoms with Crippen LogP contribution in [0.3, 0.4) is 0 Å². The first-order valence-electron chi connectivity index (χ1n) is 5.86. The summed E-state index contributed by atoms with van der Waals surface area (Å²) < 4.78 is 0. The van der Waals surface area contributed by atoms with Gasteiger partial charge in [-0.3, -0.25) is 19.3 Å². The minimum Gasteiger partial charge on any atom is -0.480 e. The summed E-state index contributed by atoms with van der Waals surface area (Å²) in [5, 5.41) is 8.76. The Kier molecular flexibility index (Phi) is 6.96. The molecule has 1 unspecified atom stereocenters. The molecular weight excluding hydrogens is 238 g/mol. The van der Waals surface area contributed by atoms with Crippen LogP contribution in [0, 0.1) is 0 Å². The number of nitrogens with zero attached hydrogens (tertiary/aromatic N) is 2. The summed E-state index contributed by atoms with van der Waals surface area (Å²) in [5.74, 6) is -1.96. The first kappa shape index (κ1) is 16.4. The molecule has 0 aromatic heterocycles. The fourth-order valence-corrected chi connectivity index (χ4v) is 1.66. The highest BCUT2D eigenvalue weighted by atomic mass is 16.4. The quantitative estimate of drug-likeness (QED) is 0.589. The van der Waals surface area contributed by atoms with Gasteiger partial charge in [-0.1, -0.05) is 0 Å². The number of amides is 2. The molecule has 0 fully saturated rings. The molecule has 0 radical (unpaired) electrons. The van der Waals surface area contributed by atoms with Gasteiger partial charge in [-0.15, -0.1) is 0 Å². The van der Waals surface area contributed by atoms with E-state index in [9.17, 15) is 14.4 Å². The Labute approximate surface area is 107 Å². The van der Waals surface area contributed by atoms with Crippen molar-refractivity contribution >= 4 is 17.8 Å². The normalized spacial score (nSPS) is 12.2. The van der Waals surface area contributed by atoms with Crippen LogP contribution in [-0.4, -0.2) is 64.9 Å². The Hall–Kier alpha value is -1.63. The van der Waals surface area contributed by atoms with E-state index < -0.39 is 24.5 Å². The molecule has 2 amide bonds. The predicted molar refractivity (Wildman–Crippen MR) is 65.8 cm³/mol. The maximum atomic E-state index is 12.0. The zero-order chi connectivity index (χ0) is 14.3. The highest BCUT2D eigenvalue weighted by molar-refractivity contribution is 5.84. The van der Waals surface area contributed by atoms with Gasteiger partial charge in [0.2, 0.25) is 11.8 Å². The summed E-state index contributed by atoms with van der Waals surface area (Å²) in [7, 11) is 0. The third kappa shape index (κ3) is 5.13. The molecule has 0 aliphatic carbocycles. The van der Waals surface area contributed by atoms with E-state index in [-0.39, 0.29) is 12.5 Å². The number of nitrogens with two attached hydrogens (primary N) is 1. The first-order valence-corrected chi connectivity index (χ1v) is 5.86. The summed E-state index contributed by atoms with van der Waals surface area (Å²) >= 11 is 0. The zero-order valence-electron chi connectivity index (χ0n) is 11.0. The second-order valence-electron chi connectivity index (χ2n) is 3.95. The van der Waals surface area contributed by atoms with Crippen LogP contribution in [0.4, 0.5) is 0 Å². The van der Waals surface area contributed by atoms with Crippen molar-refractivity contribution in [3.8, 4) is 0 Å². The molecule has 0 saturated heterocycles. The van der Waals surface area contributed by atoms with Crippen LogP contribution >= 0.6 is 0 Å². The van der Waals surface area contributed by atoms with Gasteiger partial charge < -0.3 is 15.7 Å². The molecule has 0 aliphatic heterocycles. The summed E-state index contributed by atoms with van der Waals surface area (Å²) in [6, 6.07) is -0.687. The molecule has 18 heavy (non-hydrogen) atoms. The molecule has 0 spiro atoms. The van der Waals surface area contributed by atoms with Crippen molar-refractivity contribution in [3.05, 3.63) is 0 Å². The average molecular weight is 259 g/mol. The molecule has 0 aliphatic rings. The maximum Gasteiger partial charge on any atom is 0.317 e. The van der Waals surface area contributed by atoms with Gasteiger partial charge in [0.25, 0.3) is 0 Å². The molecule has 0 heterocycles. The minimum absolute atomic E-state index is 0.206. The lowest BCUT2D eigenvalue weighted by molar-refractivity contribution is -0.142. The van der Waals surface area contributed by atoms with Crippen LogP contribution in [0.15, 0.2) is 0 Å². The van der Waals surface area contributed by atoms with Crippen molar-refractivity contribution in [1.29, 1.82) is 0 Å². The molecule has 1 atom stereocenters. The smallest absolute Gasteiger partial charge is 0.317 e. The number of carbonyl (C=O) groups is 3. The Bertz CT molecular complexity index is 299. The topological polar surface area (TPSA) is 104 Å². The number of likely N-dealkylation sites (N-methyl/N-ethyl adjacent to an activating group) is 1. The van der Waals surface area contributed by atoms with Crippen LogP contribution in [0.5, 0.6) is 0 Å². The Morgan fingerprint density at radius 3 is 2.00 bits per heavy atom. The van der Waals surface area contributed by atoms with E-state index in [0.717, 1.165) is 0 Å². The molecule has 0 aromatic rings. The second-order valence-corrected chi connectivity index (χ2v) is 3.95. The predicted octanol–water partition coefficient (Wildman–Crippen LogP) is -0.885. The SMILES string of the molecule is CCN(CC)C(=O)C(C)N(CC(N)=O)CC(=O)O. The molecule has 104 valence electrons. The third-order valence-electron chi connectivity index (χ3n) is 2.68. The van der Waals surface area contributed by atoms with Crippen LogP contribution in [-0.2, 0) is 14.4 Å². The van der Waals surface area contributed by atoms with E-state index in [1.165, 1.54) is 4.90 Å². The highest BCUT2D eigenvalue weighted by Crippen LogP contribution is 2.04. The van der Waals surface area contributed by atoms with Gasteiger partial charge in [-0.2, -0.15) is 0 Å². The third-order valence-corrected chi connectivity index (χ3v) is 2.68. The summed E-state index contributed by atoms with van der Waals surface area (Å²) in [6.07, 6.45) is 0. The molecule has 0 saturated carbocycles. The lowest BCUT2D eigenvalue weighted by Crippen LogP contribution is -2.51. The number of aliphatic carboxylic acids is 1. The van der Waals surface area contributed by atoms with Gasteiger partial charge in [-0.05, 0) is 20.8 Å². The maximum absolute atomic E-state index is 12.0. The van der Waals surface area contributed by atoms with Gasteiger partial charge in [0.15, 0.2) is 0 Å². The molecular formula is C11H21N3O4. The molecule has 7 nitrogen and oxygen atoms in total. The average Bonchev–Trinajstić information content (AvgIpc) is 2.27. The van der Waals surface area contributed by atoms with Crippen molar-refractivity contribution in [2.45, 2.75) is 26.8 Å². The molecule has 0 rings (SSSR count). The van der Waals surface area contributed by atoms with E-state index in [4.69, 9.17) is 10.8 Å². The van der Waals surface area contributed by atoms with Crippen LogP contribution in [0.25, 0.3) is 0 Å². The number of carboxylic acid groups (broad SMARTS) is 1. The van der Waals surface area contributed by atoms with Crippen LogP contribution < -0.4 is 5.73 Å². The standard InChI is InChI=1S/C11H21N3O4/c1-4-13(5-2)11(18)8(3)14(6-9(12)15)7-10(16)17/h8H,4-7H2,1-3H3,(H2,12,15)(H,16,17). The van der Waals surface area contributed by atoms with Crippen LogP contribution in [0.1, 0.15) is 20.8 Å².